The van der Waals surface area contributed by atoms with Gasteiger partial charge in [0.05, 0.1) is 12.6 Å². The lowest BCUT2D eigenvalue weighted by atomic mass is 9.98. The van der Waals surface area contributed by atoms with E-state index in [1.165, 1.54) is 12.1 Å². The number of halogens is 1. The number of nitrogens with two attached hydrogens (primary N) is 1. The monoisotopic (exact) mass is 290 g/mol. The van der Waals surface area contributed by atoms with Gasteiger partial charge in [0.15, 0.2) is 0 Å². The summed E-state index contributed by atoms with van der Waals surface area (Å²) in [5, 5.41) is 0. The van der Waals surface area contributed by atoms with E-state index in [-0.39, 0.29) is 11.9 Å². The molecule has 0 radical (unpaired) electrons. The Morgan fingerprint density at radius 3 is 2.48 bits per heavy atom. The molecule has 112 valence electrons. The Morgan fingerprint density at radius 2 is 1.81 bits per heavy atom. The van der Waals surface area contributed by atoms with Gasteiger partial charge in [-0.2, -0.15) is 0 Å². The highest BCUT2D eigenvalue weighted by Gasteiger charge is 2.16. The van der Waals surface area contributed by atoms with Crippen LogP contribution in [0.4, 0.5) is 4.39 Å². The molecule has 0 spiro atoms. The third-order valence-corrected chi connectivity index (χ3v) is 3.15. The van der Waals surface area contributed by atoms with E-state index in [0.29, 0.717) is 13.2 Å². The molecular formula is C16H19FN2O2. The van der Waals surface area contributed by atoms with Crippen LogP contribution in [0.15, 0.2) is 48.5 Å². The van der Waals surface area contributed by atoms with E-state index >= 15 is 0 Å². The SMILES string of the molecule is COCCOc1ccccc1C(NN)c1ccc(F)cc1. The van der Waals surface area contributed by atoms with Crippen LogP contribution in [0.1, 0.15) is 17.2 Å². The first-order chi connectivity index (χ1) is 10.3. The van der Waals surface area contributed by atoms with Gasteiger partial charge in [0, 0.05) is 12.7 Å². The number of hydrogen-bond acceptors (Lipinski definition) is 4. The molecule has 0 bridgehead atoms. The summed E-state index contributed by atoms with van der Waals surface area (Å²) >= 11 is 0. The molecule has 0 aromatic heterocycles. The van der Waals surface area contributed by atoms with Gasteiger partial charge in [-0.05, 0) is 23.8 Å². The van der Waals surface area contributed by atoms with Crippen LogP contribution in [0.2, 0.25) is 0 Å². The molecule has 21 heavy (non-hydrogen) atoms. The van der Waals surface area contributed by atoms with Crippen LogP contribution >= 0.6 is 0 Å². The average molecular weight is 290 g/mol. The van der Waals surface area contributed by atoms with Crippen molar-refractivity contribution in [2.24, 2.45) is 5.84 Å². The highest BCUT2D eigenvalue weighted by atomic mass is 19.1. The van der Waals surface area contributed by atoms with Gasteiger partial charge in [-0.25, -0.2) is 9.82 Å². The van der Waals surface area contributed by atoms with Gasteiger partial charge >= 0.3 is 0 Å². The Balaban J connectivity index is 2.27. The second-order valence-corrected chi connectivity index (χ2v) is 4.53. The van der Waals surface area contributed by atoms with Crippen molar-refractivity contribution in [2.45, 2.75) is 6.04 Å². The van der Waals surface area contributed by atoms with Gasteiger partial charge in [-0.3, -0.25) is 5.84 Å². The lowest BCUT2D eigenvalue weighted by molar-refractivity contribution is 0.145. The Labute approximate surface area is 123 Å². The van der Waals surface area contributed by atoms with Crippen molar-refractivity contribution in [2.75, 3.05) is 20.3 Å². The fraction of sp³-hybridized carbons (Fsp3) is 0.250. The Hall–Kier alpha value is -1.95. The van der Waals surface area contributed by atoms with E-state index in [0.717, 1.165) is 16.9 Å². The molecule has 0 fully saturated rings. The van der Waals surface area contributed by atoms with Crippen LogP contribution in [0.3, 0.4) is 0 Å². The second-order valence-electron chi connectivity index (χ2n) is 4.53. The average Bonchev–Trinajstić information content (AvgIpc) is 2.51. The van der Waals surface area contributed by atoms with Crippen LogP contribution in [0.25, 0.3) is 0 Å². The maximum absolute atomic E-state index is 13.1. The molecular weight excluding hydrogens is 271 g/mol. The van der Waals surface area contributed by atoms with Crippen LogP contribution in [0.5, 0.6) is 5.75 Å². The van der Waals surface area contributed by atoms with Gasteiger partial charge in [-0.1, -0.05) is 30.3 Å². The zero-order valence-electron chi connectivity index (χ0n) is 11.9. The number of rotatable bonds is 7. The van der Waals surface area contributed by atoms with E-state index < -0.39 is 0 Å². The normalized spacial score (nSPS) is 12.1. The minimum atomic E-state index is -0.279. The van der Waals surface area contributed by atoms with Crippen LogP contribution in [0, 0.1) is 5.82 Å². The molecule has 0 aliphatic carbocycles. The molecule has 0 amide bonds. The van der Waals surface area contributed by atoms with Crippen molar-refractivity contribution >= 4 is 0 Å². The van der Waals surface area contributed by atoms with Crippen molar-refractivity contribution in [1.82, 2.24) is 5.43 Å². The molecule has 0 heterocycles. The fourth-order valence-electron chi connectivity index (χ4n) is 2.11. The van der Waals surface area contributed by atoms with Crippen molar-refractivity contribution in [1.29, 1.82) is 0 Å². The van der Waals surface area contributed by atoms with E-state index in [1.807, 2.05) is 24.3 Å². The molecule has 0 aliphatic rings. The van der Waals surface area contributed by atoms with Gasteiger partial charge < -0.3 is 9.47 Å². The number of methoxy groups -OCH3 is 1. The van der Waals surface area contributed by atoms with E-state index in [1.54, 1.807) is 19.2 Å². The summed E-state index contributed by atoms with van der Waals surface area (Å²) in [5.74, 6) is 6.12. The summed E-state index contributed by atoms with van der Waals surface area (Å²) < 4.78 is 23.7. The highest BCUT2D eigenvalue weighted by Crippen LogP contribution is 2.29. The molecule has 2 aromatic carbocycles. The zero-order chi connectivity index (χ0) is 15.1. The molecule has 1 unspecified atom stereocenters. The standard InChI is InChI=1S/C16H19FN2O2/c1-20-10-11-21-15-5-3-2-4-14(15)16(19-18)12-6-8-13(17)9-7-12/h2-9,16,19H,10-11,18H2,1H3. The number of hydrazine groups is 1. The Kier molecular flexibility index (Phi) is 5.68. The predicted molar refractivity (Wildman–Crippen MR) is 79.4 cm³/mol. The summed E-state index contributed by atoms with van der Waals surface area (Å²) in [5.41, 5.74) is 4.51. The Morgan fingerprint density at radius 1 is 1.10 bits per heavy atom. The quantitative estimate of drug-likeness (QED) is 0.467. The lowest BCUT2D eigenvalue weighted by Crippen LogP contribution is -2.29. The van der Waals surface area contributed by atoms with Crippen LogP contribution in [-0.4, -0.2) is 20.3 Å². The maximum Gasteiger partial charge on any atom is 0.124 e. The van der Waals surface area contributed by atoms with Crippen LogP contribution < -0.4 is 16.0 Å². The molecule has 0 aliphatic heterocycles. The third-order valence-electron chi connectivity index (χ3n) is 3.15. The van der Waals surface area contributed by atoms with Gasteiger partial charge in [0.25, 0.3) is 0 Å². The summed E-state index contributed by atoms with van der Waals surface area (Å²) in [6, 6.07) is 13.6. The van der Waals surface area contributed by atoms with Crippen molar-refractivity contribution in [3.63, 3.8) is 0 Å². The molecule has 1 atom stereocenters. The van der Waals surface area contributed by atoms with E-state index in [9.17, 15) is 4.39 Å². The molecule has 5 heteroatoms. The minimum Gasteiger partial charge on any atom is -0.491 e. The first kappa shape index (κ1) is 15.4. The number of hydrogen-bond donors (Lipinski definition) is 2. The molecule has 0 saturated carbocycles. The summed E-state index contributed by atoms with van der Waals surface area (Å²) in [7, 11) is 1.62. The van der Waals surface area contributed by atoms with E-state index in [2.05, 4.69) is 5.43 Å². The predicted octanol–water partition coefficient (Wildman–Crippen LogP) is 2.40. The van der Waals surface area contributed by atoms with Crippen molar-refractivity contribution in [3.8, 4) is 5.75 Å². The summed E-state index contributed by atoms with van der Waals surface area (Å²) in [6.45, 7) is 0.958. The van der Waals surface area contributed by atoms with Crippen molar-refractivity contribution in [3.05, 3.63) is 65.5 Å². The third kappa shape index (κ3) is 4.01. The molecule has 3 N–H and O–H groups in total. The zero-order valence-corrected chi connectivity index (χ0v) is 11.9. The van der Waals surface area contributed by atoms with Gasteiger partial charge in [0.1, 0.15) is 18.2 Å². The van der Waals surface area contributed by atoms with Gasteiger partial charge in [-0.15, -0.1) is 0 Å². The summed E-state index contributed by atoms with van der Waals surface area (Å²) in [4.78, 5) is 0. The fourth-order valence-corrected chi connectivity index (χ4v) is 2.11. The number of benzene rings is 2. The Bertz CT molecular complexity index is 560. The second kappa shape index (κ2) is 7.73. The largest absolute Gasteiger partial charge is 0.491 e. The van der Waals surface area contributed by atoms with E-state index in [4.69, 9.17) is 15.3 Å². The molecule has 4 nitrogen and oxygen atoms in total. The first-order valence-electron chi connectivity index (χ1n) is 6.68. The molecule has 0 saturated heterocycles. The molecule has 2 aromatic rings. The van der Waals surface area contributed by atoms with Gasteiger partial charge in [0.2, 0.25) is 0 Å². The maximum atomic E-state index is 13.1. The smallest absolute Gasteiger partial charge is 0.124 e. The lowest BCUT2D eigenvalue weighted by Gasteiger charge is -2.20. The number of ether oxygens (including phenoxy) is 2. The first-order valence-corrected chi connectivity index (χ1v) is 6.68. The topological polar surface area (TPSA) is 56.5 Å². The minimum absolute atomic E-state index is 0.274. The van der Waals surface area contributed by atoms with Crippen molar-refractivity contribution < 1.29 is 13.9 Å². The highest BCUT2D eigenvalue weighted by molar-refractivity contribution is 5.41. The number of nitrogens with one attached hydrogen (secondary N) is 1. The van der Waals surface area contributed by atoms with Crippen LogP contribution in [-0.2, 0) is 4.74 Å². The summed E-state index contributed by atoms with van der Waals surface area (Å²) in [6.07, 6.45) is 0. The number of para-hydroxylation sites is 1. The molecule has 2 rings (SSSR count).